The van der Waals surface area contributed by atoms with Crippen molar-refractivity contribution in [3.8, 4) is 0 Å². The first-order chi connectivity index (χ1) is 18.8. The minimum atomic E-state index is -4.33. The first-order valence-electron chi connectivity index (χ1n) is 12.8. The fraction of sp³-hybridized carbons (Fsp3) is 0.0556. The summed E-state index contributed by atoms with van der Waals surface area (Å²) in [4.78, 5) is 0. The maximum Gasteiger partial charge on any atom is 0.416 e. The van der Waals surface area contributed by atoms with Crippen LogP contribution in [0.1, 0.15) is 33.4 Å². The Morgan fingerprint density at radius 2 is 0.821 bits per heavy atom. The van der Waals surface area contributed by atoms with Crippen LogP contribution in [0.25, 0.3) is 56.6 Å². The molecule has 0 atom stereocenters. The van der Waals surface area contributed by atoms with Gasteiger partial charge in [-0.2, -0.15) is 13.2 Å². The summed E-state index contributed by atoms with van der Waals surface area (Å²) in [6.07, 6.45) is 3.75. The molecule has 0 aliphatic carbocycles. The van der Waals surface area contributed by atoms with E-state index in [4.69, 9.17) is 0 Å². The molecule has 6 rings (SSSR count). The number of aryl methyl sites for hydroxylation is 1. The van der Waals surface area contributed by atoms with Crippen LogP contribution in [0, 0.1) is 6.92 Å². The Kier molecular flexibility index (Phi) is 6.28. The lowest BCUT2D eigenvalue weighted by Crippen LogP contribution is -2.03. The maximum absolute atomic E-state index is 12.9. The van der Waals surface area contributed by atoms with Crippen LogP contribution in [0.5, 0.6) is 0 Å². The molecule has 0 heterocycles. The van der Waals surface area contributed by atoms with E-state index in [1.54, 1.807) is 0 Å². The minimum Gasteiger partial charge on any atom is -0.166 e. The number of fused-ring (bicyclic) bond motifs is 6. The average Bonchev–Trinajstić information content (AvgIpc) is 2.95. The molecule has 0 radical (unpaired) electrons. The molecule has 190 valence electrons. The van der Waals surface area contributed by atoms with Crippen LogP contribution in [-0.2, 0) is 6.18 Å². The number of rotatable bonds is 4. The summed E-state index contributed by atoms with van der Waals surface area (Å²) in [7, 11) is 0. The van der Waals surface area contributed by atoms with Crippen LogP contribution in [0.15, 0.2) is 109 Å². The smallest absolute Gasteiger partial charge is 0.166 e. The van der Waals surface area contributed by atoms with E-state index in [1.165, 1.54) is 50.2 Å². The summed E-state index contributed by atoms with van der Waals surface area (Å²) in [5, 5.41) is 7.07. The van der Waals surface area contributed by atoms with Crippen molar-refractivity contribution in [2.45, 2.75) is 13.1 Å². The van der Waals surface area contributed by atoms with E-state index in [0.717, 1.165) is 34.2 Å². The molecule has 0 aromatic heterocycles. The highest BCUT2D eigenvalue weighted by Gasteiger charge is 2.29. The van der Waals surface area contributed by atoms with Gasteiger partial charge < -0.3 is 0 Å². The zero-order valence-corrected chi connectivity index (χ0v) is 21.3. The second kappa shape index (κ2) is 9.92. The van der Waals surface area contributed by atoms with Crippen molar-refractivity contribution < 1.29 is 13.2 Å². The summed E-state index contributed by atoms with van der Waals surface area (Å²) in [6, 6.07) is 35.1. The Morgan fingerprint density at radius 1 is 0.436 bits per heavy atom. The van der Waals surface area contributed by atoms with Gasteiger partial charge >= 0.3 is 6.18 Å². The fourth-order valence-electron chi connectivity index (χ4n) is 5.05. The highest BCUT2D eigenvalue weighted by atomic mass is 19.4. The van der Waals surface area contributed by atoms with E-state index < -0.39 is 11.7 Å². The van der Waals surface area contributed by atoms with Gasteiger partial charge in [-0.05, 0) is 85.8 Å². The second-order valence-electron chi connectivity index (χ2n) is 9.85. The first-order valence-corrected chi connectivity index (χ1v) is 12.8. The Bertz CT molecular complexity index is 1850. The van der Waals surface area contributed by atoms with Crippen molar-refractivity contribution in [3.63, 3.8) is 0 Å². The molecule has 3 heteroatoms. The van der Waals surface area contributed by atoms with E-state index in [9.17, 15) is 13.2 Å². The number of hydrogen-bond donors (Lipinski definition) is 0. The van der Waals surface area contributed by atoms with Crippen LogP contribution in [0.4, 0.5) is 13.2 Å². The quantitative estimate of drug-likeness (QED) is 0.162. The molecular weight excluding hydrogens is 489 g/mol. The zero-order valence-electron chi connectivity index (χ0n) is 21.3. The van der Waals surface area contributed by atoms with Crippen molar-refractivity contribution in [2.24, 2.45) is 0 Å². The van der Waals surface area contributed by atoms with Gasteiger partial charge in [0.1, 0.15) is 0 Å². The molecule has 6 aromatic rings. The fourth-order valence-corrected chi connectivity index (χ4v) is 5.05. The van der Waals surface area contributed by atoms with Gasteiger partial charge in [0.2, 0.25) is 0 Å². The molecule has 6 aromatic carbocycles. The molecule has 0 bridgehead atoms. The third kappa shape index (κ3) is 5.08. The summed E-state index contributed by atoms with van der Waals surface area (Å²) in [5.41, 5.74) is 4.62. The van der Waals surface area contributed by atoms with Crippen molar-refractivity contribution in [1.82, 2.24) is 0 Å². The van der Waals surface area contributed by atoms with Gasteiger partial charge in [0.05, 0.1) is 5.56 Å². The molecule has 0 unspecified atom stereocenters. The summed E-state index contributed by atoms with van der Waals surface area (Å²) < 4.78 is 38.6. The highest BCUT2D eigenvalue weighted by molar-refractivity contribution is 6.25. The standard InChI is InChI=1S/C36H25F3/c1-24-6-8-25(9-7-24)10-12-27-16-20-32-33-21-17-28(13-11-26-14-18-29(19-15-26)36(37,38)39)23-35(33)31-5-3-2-4-30(31)34(32)22-27/h2-23H,1H3/b12-10+,13-11+. The highest BCUT2D eigenvalue weighted by Crippen LogP contribution is 2.36. The molecule has 0 aliphatic rings. The molecule has 39 heavy (non-hydrogen) atoms. The second-order valence-corrected chi connectivity index (χ2v) is 9.85. The minimum absolute atomic E-state index is 0.641. The summed E-state index contributed by atoms with van der Waals surface area (Å²) >= 11 is 0. The lowest BCUT2D eigenvalue weighted by Gasteiger charge is -2.12. The molecule has 0 nitrogen and oxygen atoms in total. The van der Waals surface area contributed by atoms with Crippen LogP contribution >= 0.6 is 0 Å². The molecule has 0 amide bonds. The zero-order chi connectivity index (χ0) is 27.0. The Balaban J connectivity index is 1.40. The molecule has 0 N–H and O–H groups in total. The number of halogens is 3. The predicted molar refractivity (Wildman–Crippen MR) is 159 cm³/mol. The van der Waals surface area contributed by atoms with Gasteiger partial charge in [-0.15, -0.1) is 0 Å². The van der Waals surface area contributed by atoms with Gasteiger partial charge in [-0.1, -0.05) is 115 Å². The Morgan fingerprint density at radius 3 is 1.28 bits per heavy atom. The lowest BCUT2D eigenvalue weighted by atomic mass is 9.92. The van der Waals surface area contributed by atoms with Crippen LogP contribution in [0.3, 0.4) is 0 Å². The van der Waals surface area contributed by atoms with Gasteiger partial charge in [0, 0.05) is 0 Å². The van der Waals surface area contributed by atoms with E-state index in [2.05, 4.69) is 104 Å². The van der Waals surface area contributed by atoms with E-state index in [0.29, 0.717) is 0 Å². The van der Waals surface area contributed by atoms with Crippen molar-refractivity contribution in [3.05, 3.63) is 143 Å². The number of alkyl halides is 3. The van der Waals surface area contributed by atoms with Gasteiger partial charge in [0.15, 0.2) is 0 Å². The SMILES string of the molecule is Cc1ccc(/C=C/c2ccc3c4ccc(/C=C/c5ccc(C(F)(F)F)cc5)cc4c4ccccc4c3c2)cc1. The Labute approximate surface area is 225 Å². The van der Waals surface area contributed by atoms with E-state index in [1.807, 2.05) is 12.2 Å². The van der Waals surface area contributed by atoms with E-state index in [-0.39, 0.29) is 0 Å². The molecule has 0 fully saturated rings. The van der Waals surface area contributed by atoms with Gasteiger partial charge in [0.25, 0.3) is 0 Å². The van der Waals surface area contributed by atoms with Crippen molar-refractivity contribution in [2.75, 3.05) is 0 Å². The van der Waals surface area contributed by atoms with Gasteiger partial charge in [-0.25, -0.2) is 0 Å². The van der Waals surface area contributed by atoms with Crippen molar-refractivity contribution >= 4 is 56.6 Å². The molecular formula is C36H25F3. The number of benzene rings is 6. The summed E-state index contributed by atoms with van der Waals surface area (Å²) in [5.74, 6) is 0. The third-order valence-electron chi connectivity index (χ3n) is 7.14. The maximum atomic E-state index is 12.9. The molecule has 0 spiro atoms. The third-order valence-corrected chi connectivity index (χ3v) is 7.14. The predicted octanol–water partition coefficient (Wildman–Crippen LogP) is 10.8. The van der Waals surface area contributed by atoms with Crippen LogP contribution < -0.4 is 0 Å². The average molecular weight is 515 g/mol. The monoisotopic (exact) mass is 514 g/mol. The normalized spacial score (nSPS) is 12.4. The molecule has 0 saturated heterocycles. The van der Waals surface area contributed by atoms with Crippen molar-refractivity contribution in [1.29, 1.82) is 0 Å². The van der Waals surface area contributed by atoms with Crippen LogP contribution in [0.2, 0.25) is 0 Å². The van der Waals surface area contributed by atoms with Gasteiger partial charge in [-0.3, -0.25) is 0 Å². The largest absolute Gasteiger partial charge is 0.416 e. The Hall–Kier alpha value is -4.63. The number of hydrogen-bond acceptors (Lipinski definition) is 0. The van der Waals surface area contributed by atoms with Crippen LogP contribution in [-0.4, -0.2) is 0 Å². The molecule has 0 aliphatic heterocycles. The van der Waals surface area contributed by atoms with E-state index >= 15 is 0 Å². The lowest BCUT2D eigenvalue weighted by molar-refractivity contribution is -0.137. The molecule has 0 saturated carbocycles. The topological polar surface area (TPSA) is 0 Å². The summed E-state index contributed by atoms with van der Waals surface area (Å²) in [6.45, 7) is 2.09. The first kappa shape index (κ1) is 24.7.